The van der Waals surface area contributed by atoms with Crippen molar-refractivity contribution in [3.05, 3.63) is 51.7 Å². The molecule has 1 N–H and O–H groups in total. The number of rotatable bonds is 3. The summed E-state index contributed by atoms with van der Waals surface area (Å²) >= 11 is 6.72. The fraction of sp³-hybridized carbons (Fsp3) is 0.143. The molecule has 0 aliphatic carbocycles. The molecule has 26 heavy (non-hydrogen) atoms. The van der Waals surface area contributed by atoms with E-state index in [9.17, 15) is 26.4 Å². The molecule has 3 aromatic rings. The van der Waals surface area contributed by atoms with Gasteiger partial charge in [0.1, 0.15) is 9.90 Å². The highest BCUT2D eigenvalue weighted by Crippen LogP contribution is 2.32. The normalized spacial score (nSPS) is 12.5. The van der Waals surface area contributed by atoms with Crippen LogP contribution in [-0.4, -0.2) is 23.7 Å². The molecular weight excluding hydrogens is 415 g/mol. The number of alkyl halides is 3. The average molecular weight is 424 g/mol. The lowest BCUT2D eigenvalue weighted by molar-refractivity contribution is -0.137. The van der Waals surface area contributed by atoms with E-state index in [1.165, 1.54) is 6.07 Å². The third kappa shape index (κ3) is 3.55. The first-order chi connectivity index (χ1) is 12.0. The van der Waals surface area contributed by atoms with Gasteiger partial charge in [-0.2, -0.15) is 13.2 Å². The van der Waals surface area contributed by atoms with Crippen LogP contribution < -0.4 is 4.72 Å². The van der Waals surface area contributed by atoms with E-state index >= 15 is 0 Å². The highest BCUT2D eigenvalue weighted by molar-refractivity contribution is 7.92. The second-order valence-electron chi connectivity index (χ2n) is 5.31. The molecule has 0 unspecified atom stereocenters. The van der Waals surface area contributed by atoms with E-state index in [0.717, 1.165) is 21.9 Å². The largest absolute Gasteiger partial charge is 0.417 e. The van der Waals surface area contributed by atoms with Gasteiger partial charge in [-0.3, -0.25) is 4.79 Å². The number of thiophene rings is 1. The van der Waals surface area contributed by atoms with Crippen molar-refractivity contribution in [2.75, 3.05) is 0 Å². The van der Waals surface area contributed by atoms with Crippen molar-refractivity contribution >= 4 is 44.5 Å². The van der Waals surface area contributed by atoms with Gasteiger partial charge in [-0.15, -0.1) is 11.3 Å². The summed E-state index contributed by atoms with van der Waals surface area (Å²) in [6.45, 7) is 1.69. The minimum atomic E-state index is -4.63. The lowest BCUT2D eigenvalue weighted by atomic mass is 10.3. The topological polar surface area (TPSA) is 80.5 Å². The lowest BCUT2D eigenvalue weighted by Gasteiger charge is -2.07. The first-order valence-electron chi connectivity index (χ1n) is 6.85. The van der Waals surface area contributed by atoms with Crippen LogP contribution in [0.5, 0.6) is 0 Å². The second-order valence-corrected chi connectivity index (χ2v) is 8.54. The maximum Gasteiger partial charge on any atom is 0.417 e. The van der Waals surface area contributed by atoms with Crippen molar-refractivity contribution in [2.45, 2.75) is 17.3 Å². The van der Waals surface area contributed by atoms with Crippen molar-refractivity contribution in [1.29, 1.82) is 0 Å². The number of hydrogen-bond donors (Lipinski definition) is 1. The molecule has 0 aromatic carbocycles. The van der Waals surface area contributed by atoms with Crippen LogP contribution in [0.15, 0.2) is 34.1 Å². The molecule has 6 nitrogen and oxygen atoms in total. The quantitative estimate of drug-likeness (QED) is 0.699. The summed E-state index contributed by atoms with van der Waals surface area (Å²) < 4.78 is 65.5. The first-order valence-corrected chi connectivity index (χ1v) is 9.59. The Morgan fingerprint density at radius 3 is 2.58 bits per heavy atom. The van der Waals surface area contributed by atoms with E-state index in [4.69, 9.17) is 11.6 Å². The number of pyridine rings is 1. The van der Waals surface area contributed by atoms with Crippen LogP contribution in [0.25, 0.3) is 5.65 Å². The molecule has 0 atom stereocenters. The Morgan fingerprint density at radius 1 is 1.31 bits per heavy atom. The summed E-state index contributed by atoms with van der Waals surface area (Å²) in [5.74, 6) is -1.08. The molecule has 3 aromatic heterocycles. The molecule has 0 aliphatic heterocycles. The zero-order valence-electron chi connectivity index (χ0n) is 12.8. The lowest BCUT2D eigenvalue weighted by Crippen LogP contribution is -2.30. The van der Waals surface area contributed by atoms with Gasteiger partial charge in [0.05, 0.1) is 10.6 Å². The molecule has 138 valence electrons. The molecule has 3 heterocycles. The van der Waals surface area contributed by atoms with Gasteiger partial charge in [0.2, 0.25) is 0 Å². The van der Waals surface area contributed by atoms with Crippen molar-refractivity contribution in [1.82, 2.24) is 14.1 Å². The molecule has 0 saturated carbocycles. The third-order valence-electron chi connectivity index (χ3n) is 3.26. The highest BCUT2D eigenvalue weighted by Gasteiger charge is 2.32. The summed E-state index contributed by atoms with van der Waals surface area (Å²) in [6.07, 6.45) is -2.95. The van der Waals surface area contributed by atoms with Gasteiger partial charge in [-0.1, -0.05) is 11.6 Å². The van der Waals surface area contributed by atoms with Crippen LogP contribution in [0.4, 0.5) is 13.2 Å². The predicted molar refractivity (Wildman–Crippen MR) is 88.9 cm³/mol. The van der Waals surface area contributed by atoms with Gasteiger partial charge >= 0.3 is 6.18 Å². The Bertz CT molecular complexity index is 1120. The molecule has 1 amide bonds. The van der Waals surface area contributed by atoms with E-state index in [2.05, 4.69) is 4.98 Å². The predicted octanol–water partition coefficient (Wildman–Crippen LogP) is 3.50. The van der Waals surface area contributed by atoms with Crippen LogP contribution in [0.2, 0.25) is 5.02 Å². The molecule has 0 bridgehead atoms. The summed E-state index contributed by atoms with van der Waals surface area (Å²) in [5, 5.41) is 1.28. The standard InChI is InChI=1S/C14H9ClF3N3O3S2/c1-7-2-11(25-6-7)26(23,24)20-13(22)10-5-21-4-8(14(16,17)18)3-9(15)12(21)19-10/h2-6H,1H3,(H,20,22). The molecular formula is C14H9ClF3N3O3S2. The van der Waals surface area contributed by atoms with E-state index < -0.39 is 27.7 Å². The number of sulfonamides is 1. The number of aryl methyl sites for hydroxylation is 1. The number of nitrogens with zero attached hydrogens (tertiary/aromatic N) is 2. The number of imidazole rings is 1. The van der Waals surface area contributed by atoms with Crippen LogP contribution in [0, 0.1) is 6.92 Å². The minimum absolute atomic E-state index is 0.0653. The Morgan fingerprint density at radius 2 is 2.00 bits per heavy atom. The third-order valence-corrected chi connectivity index (χ3v) is 6.43. The Labute approximate surface area is 154 Å². The summed E-state index contributed by atoms with van der Waals surface area (Å²) in [6, 6.07) is 2.06. The van der Waals surface area contributed by atoms with Gasteiger partial charge < -0.3 is 4.40 Å². The van der Waals surface area contributed by atoms with Crippen molar-refractivity contribution in [3.8, 4) is 0 Å². The molecule has 12 heteroatoms. The van der Waals surface area contributed by atoms with Gasteiger partial charge in [0.15, 0.2) is 5.65 Å². The number of fused-ring (bicyclic) bond motifs is 1. The fourth-order valence-corrected chi connectivity index (χ4v) is 4.54. The zero-order valence-corrected chi connectivity index (χ0v) is 15.2. The number of carbonyl (C=O) groups excluding carboxylic acids is 1. The summed E-state index contributed by atoms with van der Waals surface area (Å²) in [7, 11) is -4.11. The van der Waals surface area contributed by atoms with Crippen LogP contribution in [0.1, 0.15) is 21.6 Å². The maximum absolute atomic E-state index is 12.8. The number of halogens is 4. The number of amides is 1. The number of aromatic nitrogens is 2. The van der Waals surface area contributed by atoms with E-state index in [0.29, 0.717) is 17.8 Å². The monoisotopic (exact) mass is 423 g/mol. The van der Waals surface area contributed by atoms with Crippen LogP contribution >= 0.6 is 22.9 Å². The highest BCUT2D eigenvalue weighted by atomic mass is 35.5. The maximum atomic E-state index is 12.8. The van der Waals surface area contributed by atoms with Gasteiger partial charge in [0, 0.05) is 12.4 Å². The summed E-state index contributed by atoms with van der Waals surface area (Å²) in [5.41, 5.74) is -0.805. The van der Waals surface area contributed by atoms with Crippen molar-refractivity contribution < 1.29 is 26.4 Å². The Hall–Kier alpha value is -2.11. The summed E-state index contributed by atoms with van der Waals surface area (Å²) in [4.78, 5) is 16.0. The molecule has 0 spiro atoms. The molecule has 0 saturated heterocycles. The molecule has 0 fully saturated rings. The SMILES string of the molecule is Cc1csc(S(=O)(=O)NC(=O)c2cn3cc(C(F)(F)F)cc(Cl)c3n2)c1. The van der Waals surface area contributed by atoms with Crippen molar-refractivity contribution in [3.63, 3.8) is 0 Å². The first kappa shape index (κ1) is 18.7. The number of nitrogens with one attached hydrogen (secondary N) is 1. The van der Waals surface area contributed by atoms with E-state index in [1.807, 2.05) is 4.72 Å². The number of carbonyl (C=O) groups is 1. The van der Waals surface area contributed by atoms with Crippen molar-refractivity contribution in [2.24, 2.45) is 0 Å². The van der Waals surface area contributed by atoms with E-state index in [1.54, 1.807) is 12.3 Å². The molecule has 0 aliphatic rings. The Balaban J connectivity index is 1.95. The average Bonchev–Trinajstić information content (AvgIpc) is 3.12. The zero-order chi connectivity index (χ0) is 19.3. The van der Waals surface area contributed by atoms with Gasteiger partial charge in [-0.25, -0.2) is 18.1 Å². The Kier molecular flexibility index (Phi) is 4.49. The number of hydrogen-bond acceptors (Lipinski definition) is 5. The molecule has 3 rings (SSSR count). The van der Waals surface area contributed by atoms with E-state index in [-0.39, 0.29) is 20.6 Å². The van der Waals surface area contributed by atoms with Crippen LogP contribution in [0.3, 0.4) is 0 Å². The smallest absolute Gasteiger partial charge is 0.304 e. The minimum Gasteiger partial charge on any atom is -0.304 e. The van der Waals surface area contributed by atoms with Crippen LogP contribution in [-0.2, 0) is 16.2 Å². The molecule has 0 radical (unpaired) electrons. The fourth-order valence-electron chi connectivity index (χ4n) is 2.09. The van der Waals surface area contributed by atoms with Gasteiger partial charge in [0.25, 0.3) is 15.9 Å². The second kappa shape index (κ2) is 6.25. The van der Waals surface area contributed by atoms with Gasteiger partial charge in [-0.05, 0) is 30.0 Å².